The van der Waals surface area contributed by atoms with E-state index in [1.807, 2.05) is 52.0 Å². The van der Waals surface area contributed by atoms with Crippen LogP contribution in [0.2, 0.25) is 0 Å². The lowest BCUT2D eigenvalue weighted by molar-refractivity contribution is -0.139. The first-order valence-corrected chi connectivity index (χ1v) is 8.04. The molecule has 0 atom stereocenters. The van der Waals surface area contributed by atoms with Gasteiger partial charge in [-0.2, -0.15) is 0 Å². The lowest BCUT2D eigenvalue weighted by atomic mass is 9.83. The van der Waals surface area contributed by atoms with E-state index in [0.29, 0.717) is 11.4 Å². The van der Waals surface area contributed by atoms with Crippen molar-refractivity contribution in [3.63, 3.8) is 0 Å². The van der Waals surface area contributed by atoms with Crippen LogP contribution in [0.4, 0.5) is 5.69 Å². The van der Waals surface area contributed by atoms with E-state index in [2.05, 4.69) is 5.32 Å². The number of carboxylic acid groups (broad SMARTS) is 1. The number of hydrogen-bond acceptors (Lipinski definition) is 3. The molecule has 0 unspecified atom stereocenters. The molecule has 0 aromatic heterocycles. The fourth-order valence-electron chi connectivity index (χ4n) is 2.39. The van der Waals surface area contributed by atoms with Gasteiger partial charge in [0.05, 0.1) is 5.41 Å². The summed E-state index contributed by atoms with van der Waals surface area (Å²) in [5, 5.41) is 11.6. The summed E-state index contributed by atoms with van der Waals surface area (Å²) in [5.74, 6) is -0.691. The zero-order chi connectivity index (χ0) is 18.6. The molecule has 2 N–H and O–H groups in total. The number of nitrogens with one attached hydrogen (secondary N) is 1. The van der Waals surface area contributed by atoms with Gasteiger partial charge >= 0.3 is 5.97 Å². The van der Waals surface area contributed by atoms with Gasteiger partial charge in [0.15, 0.2) is 6.61 Å². The molecule has 2 aromatic carbocycles. The van der Waals surface area contributed by atoms with Crippen molar-refractivity contribution < 1.29 is 19.4 Å². The molecular formula is C20H23NO4. The molecule has 0 bridgehead atoms. The van der Waals surface area contributed by atoms with E-state index in [1.165, 1.54) is 0 Å². The summed E-state index contributed by atoms with van der Waals surface area (Å²) in [6.45, 7) is 7.21. The molecule has 2 rings (SSSR count). The number of carbonyl (C=O) groups excluding carboxylic acids is 1. The number of anilines is 1. The first-order chi connectivity index (χ1) is 11.7. The van der Waals surface area contributed by atoms with Crippen molar-refractivity contribution in [1.82, 2.24) is 0 Å². The van der Waals surface area contributed by atoms with Gasteiger partial charge in [-0.1, -0.05) is 29.8 Å². The fourth-order valence-corrected chi connectivity index (χ4v) is 2.39. The fraction of sp³-hybridized carbons (Fsp3) is 0.300. The molecule has 25 heavy (non-hydrogen) atoms. The third kappa shape index (κ3) is 4.59. The maximum Gasteiger partial charge on any atom is 0.341 e. The molecular weight excluding hydrogens is 318 g/mol. The number of benzene rings is 2. The Hall–Kier alpha value is -2.82. The van der Waals surface area contributed by atoms with Crippen LogP contribution in [-0.2, 0) is 15.0 Å². The molecule has 2 aromatic rings. The Morgan fingerprint density at radius 2 is 1.72 bits per heavy atom. The third-order valence-corrected chi connectivity index (χ3v) is 4.15. The normalized spacial score (nSPS) is 11.0. The number of aliphatic carboxylic acids is 1. The number of carboxylic acids is 1. The summed E-state index contributed by atoms with van der Waals surface area (Å²) in [4.78, 5) is 23.3. The molecule has 0 fully saturated rings. The highest BCUT2D eigenvalue weighted by Crippen LogP contribution is 2.27. The van der Waals surface area contributed by atoms with Gasteiger partial charge in [0, 0.05) is 5.69 Å². The number of hydrogen-bond donors (Lipinski definition) is 2. The van der Waals surface area contributed by atoms with Crippen LogP contribution < -0.4 is 10.1 Å². The van der Waals surface area contributed by atoms with Crippen LogP contribution >= 0.6 is 0 Å². The van der Waals surface area contributed by atoms with Crippen molar-refractivity contribution in [1.29, 1.82) is 0 Å². The minimum atomic E-state index is -1.03. The van der Waals surface area contributed by atoms with Gasteiger partial charge in [-0.15, -0.1) is 0 Å². The number of rotatable bonds is 6. The van der Waals surface area contributed by atoms with E-state index < -0.39 is 18.0 Å². The average Bonchev–Trinajstić information content (AvgIpc) is 2.55. The smallest absolute Gasteiger partial charge is 0.341 e. The third-order valence-electron chi connectivity index (χ3n) is 4.15. The van der Waals surface area contributed by atoms with Gasteiger partial charge in [0.2, 0.25) is 5.91 Å². The summed E-state index contributed by atoms with van der Waals surface area (Å²) < 4.78 is 5.14. The predicted octanol–water partition coefficient (Wildman–Crippen LogP) is 3.68. The standard InChI is InChI=1S/C20H23NO4/c1-13-5-7-15(8-6-13)20(3,4)19(24)21-17-10-9-16(11-14(17)2)25-12-18(22)23/h5-11H,12H2,1-4H3,(H,21,24)(H,22,23). The van der Waals surface area contributed by atoms with Gasteiger partial charge < -0.3 is 15.2 Å². The Kier molecular flexibility index (Phi) is 5.47. The number of amides is 1. The summed E-state index contributed by atoms with van der Waals surface area (Å²) >= 11 is 0. The Balaban J connectivity index is 2.14. The Morgan fingerprint density at radius 3 is 2.28 bits per heavy atom. The SMILES string of the molecule is Cc1ccc(C(C)(C)C(=O)Nc2ccc(OCC(=O)O)cc2C)cc1. The van der Waals surface area contributed by atoms with E-state index >= 15 is 0 Å². The highest BCUT2D eigenvalue weighted by atomic mass is 16.5. The van der Waals surface area contributed by atoms with Crippen LogP contribution in [-0.4, -0.2) is 23.6 Å². The van der Waals surface area contributed by atoms with Gasteiger partial charge in [-0.25, -0.2) is 4.79 Å². The van der Waals surface area contributed by atoms with Crippen molar-refractivity contribution in [3.05, 3.63) is 59.2 Å². The monoisotopic (exact) mass is 341 g/mol. The van der Waals surface area contributed by atoms with Crippen molar-refractivity contribution in [3.8, 4) is 5.75 Å². The number of aryl methyl sites for hydroxylation is 2. The van der Waals surface area contributed by atoms with Crippen LogP contribution in [0.1, 0.15) is 30.5 Å². The van der Waals surface area contributed by atoms with Crippen molar-refractivity contribution >= 4 is 17.6 Å². The summed E-state index contributed by atoms with van der Waals surface area (Å²) in [6.07, 6.45) is 0. The molecule has 5 nitrogen and oxygen atoms in total. The summed E-state index contributed by atoms with van der Waals surface area (Å²) in [7, 11) is 0. The molecule has 0 heterocycles. The number of ether oxygens (including phenoxy) is 1. The van der Waals surface area contributed by atoms with Crippen molar-refractivity contribution in [2.45, 2.75) is 33.1 Å². The zero-order valence-corrected chi connectivity index (χ0v) is 14.9. The van der Waals surface area contributed by atoms with Crippen LogP contribution in [0.15, 0.2) is 42.5 Å². The largest absolute Gasteiger partial charge is 0.482 e. The summed E-state index contributed by atoms with van der Waals surface area (Å²) in [5.41, 5.74) is 2.88. The quantitative estimate of drug-likeness (QED) is 0.840. The maximum atomic E-state index is 12.8. The highest BCUT2D eigenvalue weighted by molar-refractivity contribution is 5.99. The van der Waals surface area contributed by atoms with E-state index in [4.69, 9.17) is 9.84 Å². The minimum absolute atomic E-state index is 0.112. The van der Waals surface area contributed by atoms with Crippen molar-refractivity contribution in [2.24, 2.45) is 0 Å². The summed E-state index contributed by atoms with van der Waals surface area (Å²) in [6, 6.07) is 13.0. The molecule has 0 radical (unpaired) electrons. The lowest BCUT2D eigenvalue weighted by Gasteiger charge is -2.25. The molecule has 0 saturated heterocycles. The first kappa shape index (κ1) is 18.5. The van der Waals surface area contributed by atoms with Gasteiger partial charge in [0.1, 0.15) is 5.75 Å². The van der Waals surface area contributed by atoms with E-state index in [-0.39, 0.29) is 5.91 Å². The molecule has 0 aliphatic carbocycles. The molecule has 0 aliphatic rings. The van der Waals surface area contributed by atoms with Crippen LogP contribution in [0.25, 0.3) is 0 Å². The number of carbonyl (C=O) groups is 2. The predicted molar refractivity (Wildman–Crippen MR) is 97.1 cm³/mol. The van der Waals surface area contributed by atoms with E-state index in [0.717, 1.165) is 16.7 Å². The second-order valence-electron chi connectivity index (χ2n) is 6.60. The molecule has 0 saturated carbocycles. The van der Waals surface area contributed by atoms with Gasteiger partial charge in [-0.3, -0.25) is 4.79 Å². The second-order valence-corrected chi connectivity index (χ2v) is 6.60. The Labute approximate surface area is 147 Å². The van der Waals surface area contributed by atoms with Gasteiger partial charge in [0.25, 0.3) is 0 Å². The van der Waals surface area contributed by atoms with Crippen molar-refractivity contribution in [2.75, 3.05) is 11.9 Å². The molecule has 0 spiro atoms. The van der Waals surface area contributed by atoms with E-state index in [1.54, 1.807) is 18.2 Å². The van der Waals surface area contributed by atoms with Crippen LogP contribution in [0.3, 0.4) is 0 Å². The topological polar surface area (TPSA) is 75.6 Å². The highest BCUT2D eigenvalue weighted by Gasteiger charge is 2.30. The lowest BCUT2D eigenvalue weighted by Crippen LogP contribution is -2.34. The Morgan fingerprint density at radius 1 is 1.08 bits per heavy atom. The maximum absolute atomic E-state index is 12.8. The minimum Gasteiger partial charge on any atom is -0.482 e. The zero-order valence-electron chi connectivity index (χ0n) is 14.9. The molecule has 132 valence electrons. The molecule has 1 amide bonds. The first-order valence-electron chi connectivity index (χ1n) is 8.04. The second kappa shape index (κ2) is 7.38. The molecule has 0 aliphatic heterocycles. The molecule has 5 heteroatoms. The van der Waals surface area contributed by atoms with E-state index in [9.17, 15) is 9.59 Å². The van der Waals surface area contributed by atoms with Crippen LogP contribution in [0.5, 0.6) is 5.75 Å². The van der Waals surface area contributed by atoms with Gasteiger partial charge in [-0.05, 0) is 57.0 Å². The Bertz CT molecular complexity index is 779. The van der Waals surface area contributed by atoms with Crippen LogP contribution in [0, 0.1) is 13.8 Å². The average molecular weight is 341 g/mol.